The molecule has 0 bridgehead atoms. The van der Waals surface area contributed by atoms with E-state index in [4.69, 9.17) is 0 Å². The fourth-order valence-electron chi connectivity index (χ4n) is 3.60. The van der Waals surface area contributed by atoms with Gasteiger partial charge in [0.1, 0.15) is 0 Å². The number of rotatable bonds is 6. The fourth-order valence-corrected chi connectivity index (χ4v) is 3.60. The fraction of sp³-hybridized carbons (Fsp3) is 0.812. The van der Waals surface area contributed by atoms with Gasteiger partial charge in [-0.05, 0) is 58.8 Å². The first-order valence-electron chi connectivity index (χ1n) is 8.20. The predicted molar refractivity (Wildman–Crippen MR) is 83.8 cm³/mol. The summed E-state index contributed by atoms with van der Waals surface area (Å²) < 4.78 is 2.32. The lowest BCUT2D eigenvalue weighted by Crippen LogP contribution is -2.38. The summed E-state index contributed by atoms with van der Waals surface area (Å²) in [5.74, 6) is 0.691. The van der Waals surface area contributed by atoms with Crippen molar-refractivity contribution in [3.8, 4) is 0 Å². The molecule has 2 rings (SSSR count). The van der Waals surface area contributed by atoms with Crippen LogP contribution in [0.25, 0.3) is 0 Å². The van der Waals surface area contributed by atoms with Gasteiger partial charge in [0.15, 0.2) is 0 Å². The molecular formula is C16H30N4. The van der Waals surface area contributed by atoms with Crippen LogP contribution in [0.2, 0.25) is 0 Å². The van der Waals surface area contributed by atoms with Crippen molar-refractivity contribution in [1.29, 1.82) is 0 Å². The monoisotopic (exact) mass is 278 g/mol. The van der Waals surface area contributed by atoms with Crippen LogP contribution in [0.1, 0.15) is 51.3 Å². The van der Waals surface area contributed by atoms with Crippen molar-refractivity contribution >= 4 is 0 Å². The van der Waals surface area contributed by atoms with E-state index in [1.165, 1.54) is 44.5 Å². The van der Waals surface area contributed by atoms with E-state index in [0.717, 1.165) is 13.1 Å². The molecule has 0 radical (unpaired) electrons. The molecule has 0 amide bonds. The Balaban J connectivity index is 2.31. The first kappa shape index (κ1) is 15.5. The topological polar surface area (TPSA) is 33.1 Å². The number of hydrogen-bond acceptors (Lipinski definition) is 3. The van der Waals surface area contributed by atoms with Gasteiger partial charge in [0.25, 0.3) is 0 Å². The molecule has 1 saturated heterocycles. The number of imidazole rings is 1. The summed E-state index contributed by atoms with van der Waals surface area (Å²) in [6.07, 6.45) is 9.30. The molecule has 114 valence electrons. The molecule has 1 aromatic rings. The lowest BCUT2D eigenvalue weighted by molar-refractivity contribution is 0.147. The molecule has 1 fully saturated rings. The number of nitrogens with one attached hydrogen (secondary N) is 1. The molecule has 0 aromatic carbocycles. The average Bonchev–Trinajstić information content (AvgIpc) is 2.83. The molecule has 2 heterocycles. The van der Waals surface area contributed by atoms with E-state index in [0.29, 0.717) is 12.0 Å². The van der Waals surface area contributed by atoms with Gasteiger partial charge in [0, 0.05) is 12.7 Å². The van der Waals surface area contributed by atoms with E-state index >= 15 is 0 Å². The first-order chi connectivity index (χ1) is 9.81. The van der Waals surface area contributed by atoms with Gasteiger partial charge < -0.3 is 9.88 Å². The minimum Gasteiger partial charge on any atom is -0.333 e. The molecule has 1 aliphatic rings. The largest absolute Gasteiger partial charge is 0.333 e. The Hall–Kier alpha value is -0.870. The average molecular weight is 278 g/mol. The van der Waals surface area contributed by atoms with E-state index < -0.39 is 0 Å². The summed E-state index contributed by atoms with van der Waals surface area (Å²) in [6.45, 7) is 9.02. The van der Waals surface area contributed by atoms with E-state index in [2.05, 4.69) is 46.9 Å². The van der Waals surface area contributed by atoms with E-state index in [1.54, 1.807) is 0 Å². The minimum atomic E-state index is 0.521. The summed E-state index contributed by atoms with van der Waals surface area (Å²) >= 11 is 0. The van der Waals surface area contributed by atoms with Crippen LogP contribution in [0.3, 0.4) is 0 Å². The lowest BCUT2D eigenvalue weighted by Gasteiger charge is -2.35. The van der Waals surface area contributed by atoms with Crippen molar-refractivity contribution in [3.63, 3.8) is 0 Å². The van der Waals surface area contributed by atoms with Crippen LogP contribution in [-0.2, 0) is 6.54 Å². The quantitative estimate of drug-likeness (QED) is 0.868. The number of hydrogen-bond donors (Lipinski definition) is 1. The Labute approximate surface area is 123 Å². The first-order valence-corrected chi connectivity index (χ1v) is 8.20. The molecule has 2 unspecified atom stereocenters. The molecule has 0 saturated carbocycles. The third kappa shape index (κ3) is 3.41. The zero-order valence-corrected chi connectivity index (χ0v) is 13.3. The van der Waals surface area contributed by atoms with E-state index in [9.17, 15) is 0 Å². The Morgan fingerprint density at radius 1 is 1.35 bits per heavy atom. The van der Waals surface area contributed by atoms with Crippen LogP contribution in [0.4, 0.5) is 0 Å². The van der Waals surface area contributed by atoms with Gasteiger partial charge in [-0.3, -0.25) is 4.90 Å². The molecule has 2 atom stereocenters. The number of likely N-dealkylation sites (tertiary alicyclic amines) is 1. The summed E-state index contributed by atoms with van der Waals surface area (Å²) in [4.78, 5) is 7.10. The minimum absolute atomic E-state index is 0.521. The Bertz CT molecular complexity index is 372. The van der Waals surface area contributed by atoms with Gasteiger partial charge in [-0.1, -0.05) is 13.3 Å². The van der Waals surface area contributed by atoms with Crippen molar-refractivity contribution < 1.29 is 0 Å². The molecule has 1 aromatic heterocycles. The van der Waals surface area contributed by atoms with Crippen molar-refractivity contribution in [2.45, 2.75) is 52.1 Å². The Morgan fingerprint density at radius 3 is 2.90 bits per heavy atom. The molecular weight excluding hydrogens is 248 g/mol. The standard InChI is InChI=1S/C16H30N4/c1-4-9-20-10-7-6-8-14(11-17-3)16(20)15-12-18-13-19(15)5-2/h12-14,16-17H,4-11H2,1-3H3. The second-order valence-corrected chi connectivity index (χ2v) is 5.90. The highest BCUT2D eigenvalue weighted by Crippen LogP contribution is 2.34. The third-order valence-electron chi connectivity index (χ3n) is 4.48. The highest BCUT2D eigenvalue weighted by Gasteiger charge is 2.32. The normalized spacial score (nSPS) is 24.8. The van der Waals surface area contributed by atoms with Gasteiger partial charge in [0.2, 0.25) is 0 Å². The highest BCUT2D eigenvalue weighted by atomic mass is 15.2. The van der Waals surface area contributed by atoms with Crippen molar-refractivity contribution in [2.24, 2.45) is 5.92 Å². The number of nitrogens with zero attached hydrogens (tertiary/aromatic N) is 3. The molecule has 4 nitrogen and oxygen atoms in total. The number of aryl methyl sites for hydroxylation is 1. The van der Waals surface area contributed by atoms with Crippen LogP contribution >= 0.6 is 0 Å². The highest BCUT2D eigenvalue weighted by molar-refractivity contribution is 5.09. The van der Waals surface area contributed by atoms with Gasteiger partial charge in [-0.25, -0.2) is 4.98 Å². The van der Waals surface area contributed by atoms with Gasteiger partial charge in [0.05, 0.1) is 18.1 Å². The Morgan fingerprint density at radius 2 is 2.20 bits per heavy atom. The molecule has 1 aliphatic heterocycles. The van der Waals surface area contributed by atoms with E-state index in [1.807, 2.05) is 6.33 Å². The van der Waals surface area contributed by atoms with Crippen LogP contribution < -0.4 is 5.32 Å². The van der Waals surface area contributed by atoms with Crippen LogP contribution in [-0.4, -0.2) is 41.1 Å². The van der Waals surface area contributed by atoms with Gasteiger partial charge >= 0.3 is 0 Å². The summed E-state index contributed by atoms with van der Waals surface area (Å²) in [5.41, 5.74) is 1.41. The van der Waals surface area contributed by atoms with Crippen molar-refractivity contribution in [2.75, 3.05) is 26.7 Å². The van der Waals surface area contributed by atoms with Crippen LogP contribution in [0, 0.1) is 5.92 Å². The second kappa shape index (κ2) is 7.79. The molecule has 20 heavy (non-hydrogen) atoms. The van der Waals surface area contributed by atoms with Crippen LogP contribution in [0.5, 0.6) is 0 Å². The summed E-state index contributed by atoms with van der Waals surface area (Å²) in [7, 11) is 2.07. The molecule has 1 N–H and O–H groups in total. The molecule has 0 spiro atoms. The summed E-state index contributed by atoms with van der Waals surface area (Å²) in [5, 5.41) is 3.40. The third-order valence-corrected chi connectivity index (χ3v) is 4.48. The van der Waals surface area contributed by atoms with Crippen molar-refractivity contribution in [3.05, 3.63) is 18.2 Å². The number of aromatic nitrogens is 2. The van der Waals surface area contributed by atoms with Crippen molar-refractivity contribution in [1.82, 2.24) is 19.8 Å². The maximum Gasteiger partial charge on any atom is 0.0948 e. The smallest absolute Gasteiger partial charge is 0.0948 e. The van der Waals surface area contributed by atoms with Gasteiger partial charge in [-0.15, -0.1) is 0 Å². The zero-order valence-electron chi connectivity index (χ0n) is 13.3. The molecule has 0 aliphatic carbocycles. The maximum absolute atomic E-state index is 4.40. The summed E-state index contributed by atoms with van der Waals surface area (Å²) in [6, 6.07) is 0.521. The maximum atomic E-state index is 4.40. The van der Waals surface area contributed by atoms with E-state index in [-0.39, 0.29) is 0 Å². The Kier molecular flexibility index (Phi) is 6.05. The molecule has 4 heteroatoms. The lowest BCUT2D eigenvalue weighted by atomic mass is 9.92. The van der Waals surface area contributed by atoms with Gasteiger partial charge in [-0.2, -0.15) is 0 Å². The predicted octanol–water partition coefficient (Wildman–Crippen LogP) is 2.68. The second-order valence-electron chi connectivity index (χ2n) is 5.90. The zero-order chi connectivity index (χ0) is 14.4. The van der Waals surface area contributed by atoms with Crippen LogP contribution in [0.15, 0.2) is 12.5 Å². The SMILES string of the molecule is CCCN1CCCCC(CNC)C1c1cncn1CC.